The molecule has 104 valence electrons. The van der Waals surface area contributed by atoms with Crippen LogP contribution in [0, 0.1) is 5.92 Å². The third kappa shape index (κ3) is 2.55. The van der Waals surface area contributed by atoms with Gasteiger partial charge in [-0.2, -0.15) is 0 Å². The second kappa shape index (κ2) is 5.45. The second-order valence-electron chi connectivity index (χ2n) is 5.98. The molecule has 1 aliphatic carbocycles. The first-order valence-electron chi connectivity index (χ1n) is 7.41. The maximum absolute atomic E-state index is 9.70. The average molecular weight is 324 g/mol. The monoisotopic (exact) mass is 323 g/mol. The summed E-state index contributed by atoms with van der Waals surface area (Å²) >= 11 is 3.60. The number of aliphatic hydroxyl groups excluding tert-OH is 1. The summed E-state index contributed by atoms with van der Waals surface area (Å²) in [6, 6.07) is 7.15. The number of benzene rings is 1. The SMILES string of the molecule is C[C@@H](O)c1ccc(N2CCC3CCCCC32)cc1Br. The van der Waals surface area contributed by atoms with Crippen LogP contribution in [0.4, 0.5) is 5.69 Å². The van der Waals surface area contributed by atoms with Crippen LogP contribution in [-0.4, -0.2) is 17.7 Å². The number of rotatable bonds is 2. The molecule has 0 amide bonds. The van der Waals surface area contributed by atoms with Crippen molar-refractivity contribution in [1.29, 1.82) is 0 Å². The molecule has 3 heteroatoms. The summed E-state index contributed by atoms with van der Waals surface area (Å²) in [5.41, 5.74) is 2.29. The van der Waals surface area contributed by atoms with Crippen molar-refractivity contribution in [1.82, 2.24) is 0 Å². The second-order valence-corrected chi connectivity index (χ2v) is 6.83. The lowest BCUT2D eigenvalue weighted by Crippen LogP contribution is -2.34. The van der Waals surface area contributed by atoms with Gasteiger partial charge in [-0.25, -0.2) is 0 Å². The van der Waals surface area contributed by atoms with E-state index in [1.807, 2.05) is 6.92 Å². The van der Waals surface area contributed by atoms with E-state index in [-0.39, 0.29) is 0 Å². The number of hydrogen-bond donors (Lipinski definition) is 1. The Balaban J connectivity index is 1.84. The minimum absolute atomic E-state index is 0.413. The maximum atomic E-state index is 9.70. The van der Waals surface area contributed by atoms with Crippen molar-refractivity contribution in [2.75, 3.05) is 11.4 Å². The van der Waals surface area contributed by atoms with Gasteiger partial charge in [-0.3, -0.25) is 0 Å². The fraction of sp³-hybridized carbons (Fsp3) is 0.625. The highest BCUT2D eigenvalue weighted by Crippen LogP contribution is 2.40. The van der Waals surface area contributed by atoms with Gasteiger partial charge in [0.15, 0.2) is 0 Å². The van der Waals surface area contributed by atoms with Gasteiger partial charge in [0.25, 0.3) is 0 Å². The first kappa shape index (κ1) is 13.4. The van der Waals surface area contributed by atoms with Gasteiger partial charge >= 0.3 is 0 Å². The Bertz CT molecular complexity index is 460. The molecule has 2 fully saturated rings. The number of aliphatic hydroxyl groups is 1. The number of hydrogen-bond acceptors (Lipinski definition) is 2. The summed E-state index contributed by atoms with van der Waals surface area (Å²) in [6.07, 6.45) is 6.49. The first-order chi connectivity index (χ1) is 9.16. The van der Waals surface area contributed by atoms with Crippen LogP contribution in [0.2, 0.25) is 0 Å². The van der Waals surface area contributed by atoms with Crippen LogP contribution in [-0.2, 0) is 0 Å². The summed E-state index contributed by atoms with van der Waals surface area (Å²) < 4.78 is 1.03. The molecule has 1 aliphatic heterocycles. The predicted octanol–water partition coefficient (Wildman–Crippen LogP) is 4.27. The molecule has 1 heterocycles. The van der Waals surface area contributed by atoms with E-state index >= 15 is 0 Å². The molecule has 1 saturated heterocycles. The van der Waals surface area contributed by atoms with E-state index in [4.69, 9.17) is 0 Å². The zero-order valence-corrected chi connectivity index (χ0v) is 13.1. The molecule has 19 heavy (non-hydrogen) atoms. The van der Waals surface area contributed by atoms with E-state index in [2.05, 4.69) is 39.0 Å². The number of halogens is 1. The van der Waals surface area contributed by atoms with E-state index in [0.29, 0.717) is 0 Å². The highest BCUT2D eigenvalue weighted by molar-refractivity contribution is 9.10. The standard InChI is InChI=1S/C16H22BrNO/c1-11(19)14-7-6-13(10-15(14)17)18-9-8-12-4-2-3-5-16(12)18/h6-7,10-12,16,19H,2-5,8-9H2,1H3/t11-,12?,16?/m1/s1. The van der Waals surface area contributed by atoms with Crippen molar-refractivity contribution in [3.8, 4) is 0 Å². The third-order valence-electron chi connectivity index (χ3n) is 4.78. The number of nitrogens with zero attached hydrogens (tertiary/aromatic N) is 1. The van der Waals surface area contributed by atoms with Crippen molar-refractivity contribution in [2.24, 2.45) is 5.92 Å². The lowest BCUT2D eigenvalue weighted by molar-refractivity contribution is 0.198. The van der Waals surface area contributed by atoms with Crippen LogP contribution in [0.15, 0.2) is 22.7 Å². The third-order valence-corrected chi connectivity index (χ3v) is 5.46. The molecule has 1 N–H and O–H groups in total. The van der Waals surface area contributed by atoms with E-state index in [0.717, 1.165) is 22.0 Å². The maximum Gasteiger partial charge on any atom is 0.0772 e. The highest BCUT2D eigenvalue weighted by atomic mass is 79.9. The minimum Gasteiger partial charge on any atom is -0.389 e. The number of fused-ring (bicyclic) bond motifs is 1. The summed E-state index contributed by atoms with van der Waals surface area (Å²) in [7, 11) is 0. The molecule has 2 aliphatic rings. The molecule has 2 unspecified atom stereocenters. The van der Waals surface area contributed by atoms with Crippen LogP contribution < -0.4 is 4.90 Å². The fourth-order valence-corrected chi connectivity index (χ4v) is 4.46. The first-order valence-corrected chi connectivity index (χ1v) is 8.20. The lowest BCUT2D eigenvalue weighted by atomic mass is 9.85. The smallest absolute Gasteiger partial charge is 0.0772 e. The van der Waals surface area contributed by atoms with Crippen LogP contribution in [0.5, 0.6) is 0 Å². The normalized spacial score (nSPS) is 28.3. The largest absolute Gasteiger partial charge is 0.389 e. The molecule has 1 aromatic carbocycles. The van der Waals surface area contributed by atoms with Crippen molar-refractivity contribution >= 4 is 21.6 Å². The number of anilines is 1. The van der Waals surface area contributed by atoms with Crippen LogP contribution >= 0.6 is 15.9 Å². The summed E-state index contributed by atoms with van der Waals surface area (Å²) in [6.45, 7) is 3.00. The summed E-state index contributed by atoms with van der Waals surface area (Å²) in [5, 5.41) is 9.70. The molecule has 0 radical (unpaired) electrons. The highest BCUT2D eigenvalue weighted by Gasteiger charge is 2.35. The van der Waals surface area contributed by atoms with Crippen LogP contribution in [0.25, 0.3) is 0 Å². The molecule has 2 nitrogen and oxygen atoms in total. The van der Waals surface area contributed by atoms with E-state index in [1.54, 1.807) is 0 Å². The molecule has 3 atom stereocenters. The molecule has 1 aromatic rings. The fourth-order valence-electron chi connectivity index (χ4n) is 3.76. The van der Waals surface area contributed by atoms with Crippen molar-refractivity contribution in [3.05, 3.63) is 28.2 Å². The van der Waals surface area contributed by atoms with Crippen LogP contribution in [0.3, 0.4) is 0 Å². The predicted molar refractivity (Wildman–Crippen MR) is 82.5 cm³/mol. The minimum atomic E-state index is -0.413. The van der Waals surface area contributed by atoms with Gasteiger partial charge in [0, 0.05) is 22.7 Å². The molecule has 0 aromatic heterocycles. The molecular formula is C16H22BrNO. The summed E-state index contributed by atoms with van der Waals surface area (Å²) in [5.74, 6) is 0.906. The van der Waals surface area contributed by atoms with Gasteiger partial charge in [0.2, 0.25) is 0 Å². The van der Waals surface area contributed by atoms with Gasteiger partial charge in [0.05, 0.1) is 6.10 Å². The molecule has 1 saturated carbocycles. The van der Waals surface area contributed by atoms with Crippen molar-refractivity contribution < 1.29 is 5.11 Å². The Labute approximate surface area is 123 Å². The Morgan fingerprint density at radius 3 is 2.79 bits per heavy atom. The zero-order chi connectivity index (χ0) is 13.4. The Morgan fingerprint density at radius 1 is 1.26 bits per heavy atom. The summed E-state index contributed by atoms with van der Waals surface area (Å²) in [4.78, 5) is 2.58. The lowest BCUT2D eigenvalue weighted by Gasteiger charge is -2.33. The van der Waals surface area contributed by atoms with E-state index in [1.165, 1.54) is 44.3 Å². The Morgan fingerprint density at radius 2 is 2.05 bits per heavy atom. The van der Waals surface area contributed by atoms with E-state index in [9.17, 15) is 5.11 Å². The van der Waals surface area contributed by atoms with Gasteiger partial charge in [-0.15, -0.1) is 0 Å². The Kier molecular flexibility index (Phi) is 3.86. The van der Waals surface area contributed by atoms with E-state index < -0.39 is 6.10 Å². The van der Waals surface area contributed by atoms with Crippen molar-refractivity contribution in [3.63, 3.8) is 0 Å². The molecule has 0 bridgehead atoms. The topological polar surface area (TPSA) is 23.5 Å². The molecular weight excluding hydrogens is 302 g/mol. The van der Waals surface area contributed by atoms with Gasteiger partial charge < -0.3 is 10.0 Å². The quantitative estimate of drug-likeness (QED) is 0.878. The van der Waals surface area contributed by atoms with Crippen molar-refractivity contribution in [2.45, 2.75) is 51.2 Å². The molecule has 0 spiro atoms. The zero-order valence-electron chi connectivity index (χ0n) is 11.5. The Hall–Kier alpha value is -0.540. The van der Waals surface area contributed by atoms with Gasteiger partial charge in [-0.05, 0) is 49.8 Å². The average Bonchev–Trinajstić information content (AvgIpc) is 2.82. The van der Waals surface area contributed by atoms with Crippen LogP contribution in [0.1, 0.15) is 50.7 Å². The van der Waals surface area contributed by atoms with Gasteiger partial charge in [-0.1, -0.05) is 34.8 Å². The van der Waals surface area contributed by atoms with Gasteiger partial charge in [0.1, 0.15) is 0 Å². The molecule has 3 rings (SSSR count).